The minimum absolute atomic E-state index is 0. The van der Waals surface area contributed by atoms with Crippen LogP contribution in [-0.2, 0) is 22.6 Å². The van der Waals surface area contributed by atoms with Crippen LogP contribution in [0.2, 0.25) is 0 Å². The van der Waals surface area contributed by atoms with Crippen molar-refractivity contribution in [2.45, 2.75) is 32.4 Å². The molecule has 0 radical (unpaired) electrons. The summed E-state index contributed by atoms with van der Waals surface area (Å²) in [5, 5.41) is 12.2. The van der Waals surface area contributed by atoms with E-state index in [1.54, 1.807) is 17.8 Å². The number of aliphatic carboxylic acids is 1. The average molecular weight is 485 g/mol. The molecule has 0 fully saturated rings. The molecule has 1 atom stereocenters. The van der Waals surface area contributed by atoms with E-state index in [1.807, 2.05) is 67.8 Å². The zero-order valence-electron chi connectivity index (χ0n) is 20.6. The number of rotatable bonds is 12. The van der Waals surface area contributed by atoms with Gasteiger partial charge in [0.15, 0.2) is 0 Å². The van der Waals surface area contributed by atoms with Gasteiger partial charge in [-0.05, 0) is 71.7 Å². The summed E-state index contributed by atoms with van der Waals surface area (Å²) in [5.41, 5.74) is 5.39. The number of nitrogens with one attached hydrogen (secondary N) is 1. The van der Waals surface area contributed by atoms with E-state index >= 15 is 0 Å². The molecule has 1 unspecified atom stereocenters. The molecule has 5 nitrogen and oxygen atoms in total. The van der Waals surface area contributed by atoms with Crippen molar-refractivity contribution in [2.75, 3.05) is 18.6 Å². The molecule has 0 aliphatic carbocycles. The summed E-state index contributed by atoms with van der Waals surface area (Å²) in [7, 11) is 0. The van der Waals surface area contributed by atoms with Crippen molar-refractivity contribution in [3.8, 4) is 11.1 Å². The molecule has 0 saturated carbocycles. The largest absolute Gasteiger partial charge is 1.00 e. The van der Waals surface area contributed by atoms with Crippen LogP contribution < -0.4 is 24.2 Å². The molecular formula is C28H31LiNO4S+. The standard InChI is InChI=1S/C28H31NO4S.Li/c1-20-8-6-7-11-23(20)25-18-22(19-33-16-14-21-9-4-3-5-10-21)12-13-24(25)27(30)29-26(28(31)32)15-17-34-2;/h3-13,18,26H,14-17,19H2,1-2H3,(H,29,30)(H,31,32);/q;+1. The van der Waals surface area contributed by atoms with Crippen LogP contribution in [0.5, 0.6) is 0 Å². The number of hydrogen-bond donors (Lipinski definition) is 2. The van der Waals surface area contributed by atoms with E-state index < -0.39 is 12.0 Å². The molecule has 3 aromatic rings. The second-order valence-electron chi connectivity index (χ2n) is 8.13. The molecule has 0 heterocycles. The summed E-state index contributed by atoms with van der Waals surface area (Å²) in [6.45, 7) is 3.03. The number of thioether (sulfide) groups is 1. The van der Waals surface area contributed by atoms with E-state index in [1.165, 1.54) is 5.56 Å². The van der Waals surface area contributed by atoms with Gasteiger partial charge in [0, 0.05) is 5.56 Å². The molecular weight excluding hydrogens is 453 g/mol. The predicted molar refractivity (Wildman–Crippen MR) is 138 cm³/mol. The summed E-state index contributed by atoms with van der Waals surface area (Å²) in [6.07, 6.45) is 3.12. The summed E-state index contributed by atoms with van der Waals surface area (Å²) in [6, 6.07) is 22.7. The molecule has 7 heteroatoms. The van der Waals surface area contributed by atoms with Crippen LogP contribution in [0.25, 0.3) is 11.1 Å². The van der Waals surface area contributed by atoms with Crippen LogP contribution >= 0.6 is 11.8 Å². The van der Waals surface area contributed by atoms with E-state index in [9.17, 15) is 14.7 Å². The zero-order valence-corrected chi connectivity index (χ0v) is 21.4. The van der Waals surface area contributed by atoms with Crippen LogP contribution in [0.15, 0.2) is 72.8 Å². The first-order valence-corrected chi connectivity index (χ1v) is 12.7. The topological polar surface area (TPSA) is 75.6 Å². The Morgan fingerprint density at radius 1 is 0.971 bits per heavy atom. The van der Waals surface area contributed by atoms with Gasteiger partial charge in [-0.25, -0.2) is 4.79 Å². The monoisotopic (exact) mass is 484 g/mol. The average Bonchev–Trinajstić information content (AvgIpc) is 2.85. The molecule has 2 N–H and O–H groups in total. The maximum atomic E-state index is 13.1. The molecule has 1 amide bonds. The summed E-state index contributed by atoms with van der Waals surface area (Å²) >= 11 is 1.55. The van der Waals surface area contributed by atoms with Gasteiger partial charge >= 0.3 is 24.8 Å². The Kier molecular flexibility index (Phi) is 12.2. The summed E-state index contributed by atoms with van der Waals surface area (Å²) < 4.78 is 5.90. The Balaban J connectivity index is 0.00000432. The fourth-order valence-corrected chi connectivity index (χ4v) is 4.20. The molecule has 0 aliphatic rings. The number of carbonyl (C=O) groups is 2. The number of carbonyl (C=O) groups excluding carboxylic acids is 1. The van der Waals surface area contributed by atoms with Crippen molar-refractivity contribution < 1.29 is 38.3 Å². The molecule has 3 rings (SSSR count). The van der Waals surface area contributed by atoms with Gasteiger partial charge in [-0.3, -0.25) is 4.79 Å². The Hall–Kier alpha value is -2.49. The third-order valence-electron chi connectivity index (χ3n) is 5.62. The van der Waals surface area contributed by atoms with Gasteiger partial charge in [0.05, 0.1) is 13.2 Å². The van der Waals surface area contributed by atoms with Gasteiger partial charge < -0.3 is 15.2 Å². The quantitative estimate of drug-likeness (QED) is 0.305. The van der Waals surface area contributed by atoms with Crippen molar-refractivity contribution in [2.24, 2.45) is 0 Å². The number of carboxylic acids is 1. The Bertz CT molecular complexity index is 1110. The van der Waals surface area contributed by atoms with E-state index in [0.717, 1.165) is 28.7 Å². The fourth-order valence-electron chi connectivity index (χ4n) is 3.73. The van der Waals surface area contributed by atoms with Crippen LogP contribution in [0.1, 0.15) is 33.5 Å². The normalized spacial score (nSPS) is 11.4. The molecule has 0 aromatic heterocycles. The summed E-state index contributed by atoms with van der Waals surface area (Å²) in [5.74, 6) is -0.757. The number of benzene rings is 3. The number of aryl methyl sites for hydroxylation is 1. The van der Waals surface area contributed by atoms with E-state index in [2.05, 4.69) is 17.4 Å². The summed E-state index contributed by atoms with van der Waals surface area (Å²) in [4.78, 5) is 24.8. The number of carboxylic acid groups (broad SMARTS) is 1. The number of hydrogen-bond acceptors (Lipinski definition) is 4. The van der Waals surface area contributed by atoms with Gasteiger partial charge in [0.2, 0.25) is 0 Å². The van der Waals surface area contributed by atoms with Gasteiger partial charge in [0.1, 0.15) is 6.04 Å². The number of ether oxygens (including phenoxy) is 1. The van der Waals surface area contributed by atoms with Gasteiger partial charge in [0.25, 0.3) is 5.91 Å². The van der Waals surface area contributed by atoms with Crippen LogP contribution in [0.3, 0.4) is 0 Å². The smallest absolute Gasteiger partial charge is 0.480 e. The minimum Gasteiger partial charge on any atom is -0.480 e. The minimum atomic E-state index is -1.02. The second kappa shape index (κ2) is 14.8. The first kappa shape index (κ1) is 28.7. The van der Waals surface area contributed by atoms with Crippen LogP contribution in [-0.4, -0.2) is 41.6 Å². The van der Waals surface area contributed by atoms with Gasteiger partial charge in [-0.15, -0.1) is 0 Å². The van der Waals surface area contributed by atoms with Crippen molar-refractivity contribution >= 4 is 23.6 Å². The second-order valence-corrected chi connectivity index (χ2v) is 9.11. The van der Waals surface area contributed by atoms with Crippen LogP contribution in [0, 0.1) is 6.92 Å². The molecule has 3 aromatic carbocycles. The Morgan fingerprint density at radius 2 is 1.69 bits per heavy atom. The third-order valence-corrected chi connectivity index (χ3v) is 6.27. The van der Waals surface area contributed by atoms with Gasteiger partial charge in [-0.2, -0.15) is 11.8 Å². The molecule has 0 bridgehead atoms. The fraction of sp³-hybridized carbons (Fsp3) is 0.286. The predicted octanol–water partition coefficient (Wildman–Crippen LogP) is 2.36. The maximum absolute atomic E-state index is 13.1. The SMILES string of the molecule is CSCCC(NC(=O)c1ccc(COCCc2ccccc2)cc1-c1ccccc1C)C(=O)O.[Li+]. The van der Waals surface area contributed by atoms with Crippen molar-refractivity contribution in [3.05, 3.63) is 95.1 Å². The molecule has 35 heavy (non-hydrogen) atoms. The maximum Gasteiger partial charge on any atom is 1.00 e. The van der Waals surface area contributed by atoms with E-state index in [-0.39, 0.29) is 24.8 Å². The van der Waals surface area contributed by atoms with E-state index in [4.69, 9.17) is 4.74 Å². The molecule has 0 aliphatic heterocycles. The van der Waals surface area contributed by atoms with E-state index in [0.29, 0.717) is 31.0 Å². The van der Waals surface area contributed by atoms with Crippen molar-refractivity contribution in [1.82, 2.24) is 5.32 Å². The molecule has 178 valence electrons. The van der Waals surface area contributed by atoms with Crippen molar-refractivity contribution in [1.29, 1.82) is 0 Å². The number of amides is 1. The molecule has 0 saturated heterocycles. The van der Waals surface area contributed by atoms with Crippen LogP contribution in [0.4, 0.5) is 0 Å². The Labute approximate surface area is 223 Å². The zero-order chi connectivity index (χ0) is 24.3. The van der Waals surface area contributed by atoms with Gasteiger partial charge in [-0.1, -0.05) is 60.7 Å². The first-order chi connectivity index (χ1) is 16.5. The van der Waals surface area contributed by atoms with Crippen molar-refractivity contribution in [3.63, 3.8) is 0 Å². The first-order valence-electron chi connectivity index (χ1n) is 11.3. The Morgan fingerprint density at radius 3 is 2.37 bits per heavy atom. The molecule has 0 spiro atoms. The third kappa shape index (κ3) is 8.59.